The zero-order chi connectivity index (χ0) is 25.7. The van der Waals surface area contributed by atoms with E-state index in [4.69, 9.17) is 11.6 Å². The number of hydrazine groups is 1. The molecule has 3 aromatic rings. The third-order valence-corrected chi connectivity index (χ3v) is 6.10. The summed E-state index contributed by atoms with van der Waals surface area (Å²) in [7, 11) is 1.18. The summed E-state index contributed by atoms with van der Waals surface area (Å²) in [5.74, 6) is -1.04. The molecule has 0 atom stereocenters. The number of nitrogens with one attached hydrogen (secondary N) is 2. The average molecular weight is 692 g/mol. The molecule has 10 nitrogen and oxygen atoms in total. The highest BCUT2D eigenvalue weighted by Gasteiger charge is 2.24. The molecule has 1 aromatic carbocycles. The van der Waals surface area contributed by atoms with E-state index in [0.717, 1.165) is 5.01 Å². The highest BCUT2D eigenvalue weighted by molar-refractivity contribution is 9.11. The van der Waals surface area contributed by atoms with Gasteiger partial charge < -0.3 is 10.1 Å². The minimum Gasteiger partial charge on any atom is -0.452 e. The second kappa shape index (κ2) is 11.8. The monoisotopic (exact) mass is 688 g/mol. The Bertz CT molecular complexity index is 1320. The van der Waals surface area contributed by atoms with Crippen LogP contribution in [0, 0.1) is 0 Å². The zero-order valence-corrected chi connectivity index (χ0v) is 23.4. The fourth-order valence-electron chi connectivity index (χ4n) is 2.85. The lowest BCUT2D eigenvalue weighted by Crippen LogP contribution is -2.46. The van der Waals surface area contributed by atoms with Crippen molar-refractivity contribution < 1.29 is 19.1 Å². The summed E-state index contributed by atoms with van der Waals surface area (Å²) >= 11 is 16.2. The number of anilines is 1. The summed E-state index contributed by atoms with van der Waals surface area (Å²) in [6.45, 7) is 3.55. The Labute approximate surface area is 230 Å². The first kappa shape index (κ1) is 26.9. The van der Waals surface area contributed by atoms with Crippen molar-refractivity contribution in [2.45, 2.75) is 0 Å². The quantitative estimate of drug-likeness (QED) is 0.266. The first-order valence-electron chi connectivity index (χ1n) is 9.60. The summed E-state index contributed by atoms with van der Waals surface area (Å²) in [4.78, 5) is 42.6. The molecule has 3 amide bonds. The van der Waals surface area contributed by atoms with E-state index in [-0.39, 0.29) is 34.3 Å². The first-order chi connectivity index (χ1) is 16.7. The standard InChI is InChI=1S/C21H16Br3ClN6O4/c1-3-7-30(21(34)35-2)29-19(32)12-8-11(22)9-13(23)17(12)27-20(33)15-10-16(24)28-31(15)18-14(25)5-4-6-26-18/h3-6,8-10H,1,7H2,2H3,(H,27,33)(H,29,32). The van der Waals surface area contributed by atoms with Crippen molar-refractivity contribution in [2.24, 2.45) is 0 Å². The molecule has 0 fully saturated rings. The molecule has 0 saturated heterocycles. The minimum absolute atomic E-state index is 0.00662. The second-order valence-electron chi connectivity index (χ2n) is 6.65. The van der Waals surface area contributed by atoms with Gasteiger partial charge in [0, 0.05) is 21.2 Å². The summed E-state index contributed by atoms with van der Waals surface area (Å²) < 4.78 is 7.27. The number of ether oxygens (including phenoxy) is 1. The highest BCUT2D eigenvalue weighted by atomic mass is 79.9. The van der Waals surface area contributed by atoms with E-state index in [1.807, 2.05) is 0 Å². The van der Waals surface area contributed by atoms with Gasteiger partial charge in [0.25, 0.3) is 11.8 Å². The van der Waals surface area contributed by atoms with Gasteiger partial charge in [-0.2, -0.15) is 5.10 Å². The maximum absolute atomic E-state index is 13.3. The number of methoxy groups -OCH3 is 1. The lowest BCUT2D eigenvalue weighted by Gasteiger charge is -2.21. The number of carbonyl (C=O) groups excluding carboxylic acids is 3. The van der Waals surface area contributed by atoms with Crippen LogP contribution in [0.3, 0.4) is 0 Å². The largest absolute Gasteiger partial charge is 0.452 e. The zero-order valence-electron chi connectivity index (χ0n) is 17.9. The van der Waals surface area contributed by atoms with Gasteiger partial charge in [-0.05, 0) is 56.1 Å². The van der Waals surface area contributed by atoms with E-state index in [9.17, 15) is 14.4 Å². The van der Waals surface area contributed by atoms with Gasteiger partial charge in [-0.3, -0.25) is 15.0 Å². The molecule has 182 valence electrons. The molecule has 0 unspecified atom stereocenters. The van der Waals surface area contributed by atoms with Crippen molar-refractivity contribution in [2.75, 3.05) is 19.0 Å². The average Bonchev–Trinajstić information content (AvgIpc) is 3.21. The highest BCUT2D eigenvalue weighted by Crippen LogP contribution is 2.32. The number of hydrogen-bond donors (Lipinski definition) is 2. The third-order valence-electron chi connectivity index (χ3n) is 4.33. The molecular weight excluding hydrogens is 675 g/mol. The van der Waals surface area contributed by atoms with Crippen molar-refractivity contribution in [1.29, 1.82) is 0 Å². The fourth-order valence-corrected chi connectivity index (χ4v) is 4.76. The Hall–Kier alpha value is -2.74. The van der Waals surface area contributed by atoms with Gasteiger partial charge >= 0.3 is 6.09 Å². The third kappa shape index (κ3) is 6.28. The summed E-state index contributed by atoms with van der Waals surface area (Å²) in [6.07, 6.45) is 2.14. The van der Waals surface area contributed by atoms with E-state index >= 15 is 0 Å². The molecular formula is C21H16Br3ClN6O4. The maximum atomic E-state index is 13.3. The number of carbonyl (C=O) groups is 3. The Morgan fingerprint density at radius 2 is 1.97 bits per heavy atom. The molecule has 0 aliphatic heterocycles. The lowest BCUT2D eigenvalue weighted by atomic mass is 10.1. The Morgan fingerprint density at radius 1 is 1.23 bits per heavy atom. The SMILES string of the molecule is C=CCN(NC(=O)c1cc(Br)cc(Br)c1NC(=O)c1cc(Br)nn1-c1ncccc1Cl)C(=O)OC. The number of benzene rings is 1. The Balaban J connectivity index is 1.98. The van der Waals surface area contributed by atoms with Crippen LogP contribution in [0.15, 0.2) is 62.7 Å². The van der Waals surface area contributed by atoms with Crippen LogP contribution in [-0.2, 0) is 4.74 Å². The second-order valence-corrected chi connectivity index (χ2v) is 9.64. The number of nitrogens with zero attached hydrogens (tertiary/aromatic N) is 4. The molecule has 2 heterocycles. The van der Waals surface area contributed by atoms with E-state index in [1.165, 1.54) is 36.2 Å². The van der Waals surface area contributed by atoms with Crippen molar-refractivity contribution in [3.05, 3.63) is 79.0 Å². The number of pyridine rings is 1. The van der Waals surface area contributed by atoms with Crippen molar-refractivity contribution in [1.82, 2.24) is 25.2 Å². The molecule has 0 saturated carbocycles. The number of rotatable bonds is 6. The normalized spacial score (nSPS) is 10.4. The van der Waals surface area contributed by atoms with E-state index < -0.39 is 17.9 Å². The molecule has 0 bridgehead atoms. The summed E-state index contributed by atoms with van der Waals surface area (Å²) in [5, 5.41) is 8.19. The maximum Gasteiger partial charge on any atom is 0.428 e. The fraction of sp³-hybridized carbons (Fsp3) is 0.0952. The van der Waals surface area contributed by atoms with Gasteiger partial charge in [0.05, 0.1) is 29.9 Å². The van der Waals surface area contributed by atoms with Crippen LogP contribution in [-0.4, -0.2) is 51.3 Å². The number of hydrogen-bond acceptors (Lipinski definition) is 6. The van der Waals surface area contributed by atoms with Gasteiger partial charge in [0.1, 0.15) is 10.3 Å². The molecule has 0 aliphatic rings. The lowest BCUT2D eigenvalue weighted by molar-refractivity contribution is 0.0737. The summed E-state index contributed by atoms with van der Waals surface area (Å²) in [5.41, 5.74) is 2.75. The topological polar surface area (TPSA) is 118 Å². The first-order valence-corrected chi connectivity index (χ1v) is 12.4. The van der Waals surface area contributed by atoms with Crippen LogP contribution in [0.2, 0.25) is 5.02 Å². The molecule has 2 N–H and O–H groups in total. The van der Waals surface area contributed by atoms with Crippen molar-refractivity contribution in [3.63, 3.8) is 0 Å². The molecule has 2 aromatic heterocycles. The minimum atomic E-state index is -0.793. The summed E-state index contributed by atoms with van der Waals surface area (Å²) in [6, 6.07) is 7.89. The van der Waals surface area contributed by atoms with E-state index in [1.54, 1.807) is 18.2 Å². The predicted octanol–water partition coefficient (Wildman–Crippen LogP) is 5.36. The molecule has 35 heavy (non-hydrogen) atoms. The Morgan fingerprint density at radius 3 is 2.63 bits per heavy atom. The van der Waals surface area contributed by atoms with Crippen LogP contribution in [0.4, 0.5) is 10.5 Å². The van der Waals surface area contributed by atoms with Gasteiger partial charge in [0.15, 0.2) is 5.82 Å². The van der Waals surface area contributed by atoms with Crippen molar-refractivity contribution in [3.8, 4) is 5.82 Å². The number of aromatic nitrogens is 3. The predicted molar refractivity (Wildman–Crippen MR) is 141 cm³/mol. The van der Waals surface area contributed by atoms with E-state index in [0.29, 0.717) is 13.5 Å². The van der Waals surface area contributed by atoms with E-state index in [2.05, 4.69) is 79.9 Å². The molecule has 14 heteroatoms. The van der Waals surface area contributed by atoms with Crippen LogP contribution >= 0.6 is 59.4 Å². The van der Waals surface area contributed by atoms with Gasteiger partial charge in [0.2, 0.25) is 0 Å². The van der Waals surface area contributed by atoms with Crippen LogP contribution in [0.1, 0.15) is 20.8 Å². The molecule has 0 aliphatic carbocycles. The van der Waals surface area contributed by atoms with Crippen LogP contribution < -0.4 is 10.7 Å². The van der Waals surface area contributed by atoms with Crippen molar-refractivity contribution >= 4 is 83.0 Å². The molecule has 3 rings (SSSR count). The smallest absolute Gasteiger partial charge is 0.428 e. The van der Waals surface area contributed by atoms with Crippen LogP contribution in [0.25, 0.3) is 5.82 Å². The van der Waals surface area contributed by atoms with Gasteiger partial charge in [-0.15, -0.1) is 6.58 Å². The van der Waals surface area contributed by atoms with Gasteiger partial charge in [-0.25, -0.2) is 19.5 Å². The molecule has 0 spiro atoms. The Kier molecular flexibility index (Phi) is 9.05. The molecule has 0 radical (unpaired) electrons. The number of amides is 3. The van der Waals surface area contributed by atoms with Gasteiger partial charge in [-0.1, -0.05) is 33.6 Å². The van der Waals surface area contributed by atoms with Crippen LogP contribution in [0.5, 0.6) is 0 Å². The number of halogens is 4.